The monoisotopic (exact) mass is 211 g/mol. The molecule has 1 aliphatic heterocycles. The molecule has 0 radical (unpaired) electrons. The van der Waals surface area contributed by atoms with Gasteiger partial charge in [-0.3, -0.25) is 4.90 Å². The number of hydrogen-bond donors (Lipinski definition) is 0. The van der Waals surface area contributed by atoms with Gasteiger partial charge in [-0.15, -0.1) is 0 Å². The average molecular weight is 211 g/mol. The molecule has 0 aliphatic carbocycles. The fourth-order valence-electron chi connectivity index (χ4n) is 1.64. The molecule has 0 amide bonds. The number of alkyl halides is 3. The van der Waals surface area contributed by atoms with Crippen LogP contribution in [0.25, 0.3) is 0 Å². The van der Waals surface area contributed by atoms with Gasteiger partial charge in [-0.2, -0.15) is 13.2 Å². The highest BCUT2D eigenvalue weighted by atomic mass is 19.4. The smallest absolute Gasteiger partial charge is 0.366 e. The largest absolute Gasteiger partial charge is 0.419 e. The van der Waals surface area contributed by atoms with Crippen molar-refractivity contribution in [1.29, 1.82) is 0 Å². The van der Waals surface area contributed by atoms with Crippen LogP contribution >= 0.6 is 0 Å². The lowest BCUT2D eigenvalue weighted by Crippen LogP contribution is -2.70. The van der Waals surface area contributed by atoms with E-state index in [1.807, 2.05) is 6.92 Å². The van der Waals surface area contributed by atoms with Crippen molar-refractivity contribution < 1.29 is 17.9 Å². The van der Waals surface area contributed by atoms with Gasteiger partial charge in [0.1, 0.15) is 0 Å². The number of ether oxygens (including phenoxy) is 1. The molecule has 0 aromatic carbocycles. The summed E-state index contributed by atoms with van der Waals surface area (Å²) in [6.07, 6.45) is -2.30. The Morgan fingerprint density at radius 1 is 1.36 bits per heavy atom. The highest BCUT2D eigenvalue weighted by Crippen LogP contribution is 2.40. The Balaban J connectivity index is 2.41. The van der Waals surface area contributed by atoms with Crippen molar-refractivity contribution in [2.24, 2.45) is 0 Å². The lowest BCUT2D eigenvalue weighted by Gasteiger charge is -2.49. The molecule has 0 saturated carbocycles. The van der Waals surface area contributed by atoms with Crippen LogP contribution in [-0.4, -0.2) is 43.4 Å². The normalized spacial score (nSPS) is 22.1. The number of nitrogens with zero attached hydrogens (tertiary/aromatic N) is 1. The second-order valence-corrected chi connectivity index (χ2v) is 3.76. The molecule has 0 unspecified atom stereocenters. The lowest BCUT2D eigenvalue weighted by molar-refractivity contribution is -0.310. The summed E-state index contributed by atoms with van der Waals surface area (Å²) in [4.78, 5) is 1.78. The van der Waals surface area contributed by atoms with E-state index in [-0.39, 0.29) is 13.1 Å². The molecule has 0 N–H and O–H groups in total. The zero-order chi connectivity index (χ0) is 10.8. The average Bonchev–Trinajstić information content (AvgIpc) is 2.00. The van der Waals surface area contributed by atoms with E-state index < -0.39 is 11.8 Å². The number of likely N-dealkylation sites (tertiary alicyclic amines) is 1. The Morgan fingerprint density at radius 2 is 1.93 bits per heavy atom. The first-order valence-electron chi connectivity index (χ1n) is 4.79. The van der Waals surface area contributed by atoms with Crippen molar-refractivity contribution >= 4 is 0 Å². The van der Waals surface area contributed by atoms with Gasteiger partial charge >= 0.3 is 6.18 Å². The summed E-state index contributed by atoms with van der Waals surface area (Å²) in [7, 11) is 1.13. The molecule has 5 heteroatoms. The van der Waals surface area contributed by atoms with Crippen LogP contribution in [-0.2, 0) is 4.74 Å². The summed E-state index contributed by atoms with van der Waals surface area (Å²) >= 11 is 0. The molecule has 0 bridgehead atoms. The van der Waals surface area contributed by atoms with Crippen molar-refractivity contribution in [3.05, 3.63) is 0 Å². The van der Waals surface area contributed by atoms with Crippen molar-refractivity contribution in [2.45, 2.75) is 31.5 Å². The highest BCUT2D eigenvalue weighted by molar-refractivity contribution is 5.02. The molecule has 14 heavy (non-hydrogen) atoms. The molecule has 1 aliphatic rings. The number of unbranched alkanes of at least 4 members (excludes halogenated alkanes) is 1. The topological polar surface area (TPSA) is 12.5 Å². The Bertz CT molecular complexity index is 187. The van der Waals surface area contributed by atoms with E-state index in [0.717, 1.165) is 26.5 Å². The van der Waals surface area contributed by atoms with Gasteiger partial charge in [-0.1, -0.05) is 13.3 Å². The predicted molar refractivity (Wildman–Crippen MR) is 47.1 cm³/mol. The Labute approximate surface area is 82.0 Å². The predicted octanol–water partition coefficient (Wildman–Crippen LogP) is 2.05. The molecule has 1 heterocycles. The van der Waals surface area contributed by atoms with Crippen LogP contribution in [0, 0.1) is 0 Å². The van der Waals surface area contributed by atoms with E-state index in [1.54, 1.807) is 4.90 Å². The number of hydrogen-bond acceptors (Lipinski definition) is 2. The second kappa shape index (κ2) is 4.06. The van der Waals surface area contributed by atoms with Gasteiger partial charge in [0.05, 0.1) is 0 Å². The minimum absolute atomic E-state index is 0.0208. The maximum Gasteiger partial charge on any atom is 0.419 e. The summed E-state index contributed by atoms with van der Waals surface area (Å²) in [5.41, 5.74) is -1.90. The zero-order valence-corrected chi connectivity index (χ0v) is 8.52. The van der Waals surface area contributed by atoms with Gasteiger partial charge < -0.3 is 4.74 Å². The maximum atomic E-state index is 12.5. The van der Waals surface area contributed by atoms with E-state index >= 15 is 0 Å². The molecule has 1 saturated heterocycles. The third-order valence-electron chi connectivity index (χ3n) is 2.69. The van der Waals surface area contributed by atoms with Crippen LogP contribution in [0.5, 0.6) is 0 Å². The van der Waals surface area contributed by atoms with Gasteiger partial charge in [0.2, 0.25) is 0 Å². The summed E-state index contributed by atoms with van der Waals surface area (Å²) in [5.74, 6) is 0. The molecule has 0 spiro atoms. The minimum atomic E-state index is -4.25. The van der Waals surface area contributed by atoms with Gasteiger partial charge in [0, 0.05) is 20.2 Å². The Hall–Kier alpha value is -0.290. The first-order chi connectivity index (χ1) is 6.45. The van der Waals surface area contributed by atoms with E-state index in [0.29, 0.717) is 0 Å². The summed E-state index contributed by atoms with van der Waals surface area (Å²) in [5, 5.41) is 0. The molecular formula is C9H16F3NO. The van der Waals surface area contributed by atoms with Gasteiger partial charge in [-0.25, -0.2) is 0 Å². The molecular weight excluding hydrogens is 195 g/mol. The molecule has 0 aromatic heterocycles. The Kier molecular flexibility index (Phi) is 3.42. The van der Waals surface area contributed by atoms with Crippen LogP contribution < -0.4 is 0 Å². The van der Waals surface area contributed by atoms with Crippen molar-refractivity contribution in [2.75, 3.05) is 26.7 Å². The van der Waals surface area contributed by atoms with Crippen LogP contribution in [0.2, 0.25) is 0 Å². The fraction of sp³-hybridized carbons (Fsp3) is 1.00. The van der Waals surface area contributed by atoms with Gasteiger partial charge in [-0.05, 0) is 13.0 Å². The molecule has 0 aromatic rings. The van der Waals surface area contributed by atoms with E-state index in [4.69, 9.17) is 0 Å². The quantitative estimate of drug-likeness (QED) is 0.705. The summed E-state index contributed by atoms with van der Waals surface area (Å²) < 4.78 is 42.1. The minimum Gasteiger partial charge on any atom is -0.366 e. The summed E-state index contributed by atoms with van der Waals surface area (Å²) in [6, 6.07) is 0. The van der Waals surface area contributed by atoms with Crippen molar-refractivity contribution in [3.8, 4) is 0 Å². The fourth-order valence-corrected chi connectivity index (χ4v) is 1.64. The number of halogens is 3. The van der Waals surface area contributed by atoms with E-state index in [9.17, 15) is 13.2 Å². The maximum absolute atomic E-state index is 12.5. The van der Waals surface area contributed by atoms with Gasteiger partial charge in [0.15, 0.2) is 5.60 Å². The first kappa shape index (κ1) is 11.8. The third-order valence-corrected chi connectivity index (χ3v) is 2.69. The highest BCUT2D eigenvalue weighted by Gasteiger charge is 2.62. The third kappa shape index (κ3) is 2.03. The molecule has 1 fully saturated rings. The van der Waals surface area contributed by atoms with Crippen molar-refractivity contribution in [1.82, 2.24) is 4.90 Å². The van der Waals surface area contributed by atoms with E-state index in [1.165, 1.54) is 0 Å². The molecule has 1 rings (SSSR count). The van der Waals surface area contributed by atoms with Crippen LogP contribution in [0.1, 0.15) is 19.8 Å². The van der Waals surface area contributed by atoms with Gasteiger partial charge in [0.25, 0.3) is 0 Å². The standard InChI is InChI=1S/C9H16F3NO/c1-3-4-5-13-6-8(7-13,14-2)9(10,11)12/h3-7H2,1-2H3. The first-order valence-corrected chi connectivity index (χ1v) is 4.79. The molecule has 2 nitrogen and oxygen atoms in total. The number of methoxy groups -OCH3 is 1. The molecule has 84 valence electrons. The lowest BCUT2D eigenvalue weighted by atomic mass is 9.93. The summed E-state index contributed by atoms with van der Waals surface area (Å²) in [6.45, 7) is 2.71. The van der Waals surface area contributed by atoms with Crippen LogP contribution in [0.15, 0.2) is 0 Å². The number of rotatable bonds is 4. The Morgan fingerprint density at radius 3 is 2.29 bits per heavy atom. The SMILES string of the molecule is CCCCN1CC(OC)(C(F)(F)F)C1. The van der Waals surface area contributed by atoms with E-state index in [2.05, 4.69) is 4.74 Å². The van der Waals surface area contributed by atoms with Crippen molar-refractivity contribution in [3.63, 3.8) is 0 Å². The molecule has 0 atom stereocenters. The van der Waals surface area contributed by atoms with Crippen LogP contribution in [0.4, 0.5) is 13.2 Å². The van der Waals surface area contributed by atoms with Crippen LogP contribution in [0.3, 0.4) is 0 Å². The second-order valence-electron chi connectivity index (χ2n) is 3.76. The zero-order valence-electron chi connectivity index (χ0n) is 8.52.